The molecule has 5 nitrogen and oxygen atoms in total. The summed E-state index contributed by atoms with van der Waals surface area (Å²) in [6.45, 7) is 26.6. The van der Waals surface area contributed by atoms with Crippen LogP contribution >= 0.6 is 0 Å². The number of aliphatic hydroxyl groups excluding tert-OH is 1. The Morgan fingerprint density at radius 2 is 0.897 bits per heavy atom. The van der Waals surface area contributed by atoms with E-state index in [2.05, 4.69) is 83.1 Å². The zero-order chi connectivity index (χ0) is 30.4. The summed E-state index contributed by atoms with van der Waals surface area (Å²) in [6, 6.07) is 8.07. The minimum Gasteiger partial charge on any atom is -0.507 e. The molecule has 2 rings (SSSR count). The van der Waals surface area contributed by atoms with Gasteiger partial charge < -0.3 is 20.1 Å². The minimum atomic E-state index is -0.853. The van der Waals surface area contributed by atoms with Crippen molar-refractivity contribution in [1.29, 1.82) is 0 Å². The van der Waals surface area contributed by atoms with Gasteiger partial charge in [-0.1, -0.05) is 114 Å². The first-order valence-corrected chi connectivity index (χ1v) is 14.0. The predicted octanol–water partition coefficient (Wildman–Crippen LogP) is 7.52. The maximum Gasteiger partial charge on any atom is 0.307 e. The van der Waals surface area contributed by atoms with Crippen LogP contribution in [0.4, 0.5) is 0 Å². The first-order valence-electron chi connectivity index (χ1n) is 14.0. The number of aliphatic hydroxyl groups is 1. The summed E-state index contributed by atoms with van der Waals surface area (Å²) in [5.74, 6) is 0.137. The molecule has 5 heteroatoms. The second kappa shape index (κ2) is 10.8. The maximum absolute atomic E-state index is 13.2. The van der Waals surface area contributed by atoms with Crippen molar-refractivity contribution in [3.05, 3.63) is 57.6 Å². The van der Waals surface area contributed by atoms with E-state index in [0.29, 0.717) is 0 Å². The average Bonchev–Trinajstić information content (AvgIpc) is 2.74. The molecule has 218 valence electrons. The smallest absolute Gasteiger partial charge is 0.307 e. The Hall–Kier alpha value is -2.53. The van der Waals surface area contributed by atoms with Crippen molar-refractivity contribution >= 4 is 5.97 Å². The molecule has 0 spiro atoms. The fourth-order valence-corrected chi connectivity index (χ4v) is 5.06. The topological polar surface area (TPSA) is 87.0 Å². The Morgan fingerprint density at radius 1 is 0.615 bits per heavy atom. The lowest BCUT2D eigenvalue weighted by Gasteiger charge is -2.37. The van der Waals surface area contributed by atoms with Gasteiger partial charge in [0.25, 0.3) is 0 Å². The van der Waals surface area contributed by atoms with E-state index in [0.717, 1.165) is 33.4 Å². The number of carbonyl (C=O) groups is 1. The number of phenols is 2. The molecule has 0 amide bonds. The molecular formula is C34H52O5. The van der Waals surface area contributed by atoms with E-state index in [-0.39, 0.29) is 52.8 Å². The van der Waals surface area contributed by atoms with Gasteiger partial charge in [0.2, 0.25) is 0 Å². The van der Waals surface area contributed by atoms with E-state index < -0.39 is 11.4 Å². The third kappa shape index (κ3) is 7.16. The Bertz CT molecular complexity index is 1040. The van der Waals surface area contributed by atoms with Crippen LogP contribution in [-0.2, 0) is 36.6 Å². The molecule has 2 aromatic carbocycles. The molecule has 0 fully saturated rings. The molecule has 0 heterocycles. The van der Waals surface area contributed by atoms with Gasteiger partial charge >= 0.3 is 5.97 Å². The fraction of sp³-hybridized carbons (Fsp3) is 0.618. The van der Waals surface area contributed by atoms with Gasteiger partial charge in [-0.25, -0.2) is 0 Å². The van der Waals surface area contributed by atoms with Crippen LogP contribution in [0, 0.1) is 0 Å². The van der Waals surface area contributed by atoms with E-state index in [1.165, 1.54) is 0 Å². The summed E-state index contributed by atoms with van der Waals surface area (Å²) in [6.07, 6.45) is 0.0306. The lowest BCUT2D eigenvalue weighted by atomic mass is 9.67. The highest BCUT2D eigenvalue weighted by Crippen LogP contribution is 2.48. The average molecular weight is 541 g/mol. The van der Waals surface area contributed by atoms with Gasteiger partial charge in [0.1, 0.15) is 18.1 Å². The van der Waals surface area contributed by atoms with Crippen molar-refractivity contribution in [2.24, 2.45) is 0 Å². The Labute approximate surface area is 236 Å². The molecule has 0 aliphatic heterocycles. The molecule has 0 aliphatic carbocycles. The van der Waals surface area contributed by atoms with Gasteiger partial charge in [0, 0.05) is 5.41 Å². The van der Waals surface area contributed by atoms with Crippen molar-refractivity contribution in [3.63, 3.8) is 0 Å². The highest BCUT2D eigenvalue weighted by Gasteiger charge is 2.39. The Kier molecular flexibility index (Phi) is 9.05. The van der Waals surface area contributed by atoms with Crippen molar-refractivity contribution in [2.45, 2.75) is 124 Å². The molecule has 39 heavy (non-hydrogen) atoms. The number of ether oxygens (including phenoxy) is 1. The van der Waals surface area contributed by atoms with Crippen LogP contribution in [0.15, 0.2) is 24.3 Å². The summed E-state index contributed by atoms with van der Waals surface area (Å²) < 4.78 is 5.38. The van der Waals surface area contributed by atoms with E-state index in [4.69, 9.17) is 4.74 Å². The second-order valence-electron chi connectivity index (χ2n) is 15.3. The van der Waals surface area contributed by atoms with Crippen molar-refractivity contribution in [3.8, 4) is 11.5 Å². The Balaban J connectivity index is 3.09. The fourth-order valence-electron chi connectivity index (χ4n) is 5.06. The largest absolute Gasteiger partial charge is 0.507 e. The monoisotopic (exact) mass is 540 g/mol. The van der Waals surface area contributed by atoms with Gasteiger partial charge in [-0.3, -0.25) is 4.79 Å². The van der Waals surface area contributed by atoms with Crippen LogP contribution in [0.1, 0.15) is 130 Å². The van der Waals surface area contributed by atoms with Crippen molar-refractivity contribution in [2.75, 3.05) is 13.2 Å². The molecule has 0 unspecified atom stereocenters. The number of carbonyl (C=O) groups excluding carboxylic acids is 1. The van der Waals surface area contributed by atoms with E-state index in [1.807, 2.05) is 31.2 Å². The van der Waals surface area contributed by atoms with Crippen LogP contribution in [0.25, 0.3) is 0 Å². The summed E-state index contributed by atoms with van der Waals surface area (Å²) in [5.41, 5.74) is 2.78. The molecule has 0 atom stereocenters. The highest BCUT2D eigenvalue weighted by molar-refractivity contribution is 5.73. The zero-order valence-electron chi connectivity index (χ0n) is 26.6. The first kappa shape index (κ1) is 32.7. The lowest BCUT2D eigenvalue weighted by molar-refractivity contribution is -0.145. The number of esters is 1. The van der Waals surface area contributed by atoms with E-state index in [9.17, 15) is 20.1 Å². The highest BCUT2D eigenvalue weighted by atomic mass is 16.5. The molecule has 0 aromatic heterocycles. The predicted molar refractivity (Wildman–Crippen MR) is 160 cm³/mol. The summed E-state index contributed by atoms with van der Waals surface area (Å²) in [4.78, 5) is 13.2. The molecule has 0 radical (unpaired) electrons. The second-order valence-corrected chi connectivity index (χ2v) is 15.3. The molecule has 0 saturated heterocycles. The summed E-state index contributed by atoms with van der Waals surface area (Å²) in [5, 5.41) is 32.1. The number of rotatable bonds is 6. The standard InChI is InChI=1S/C34H52O5/c1-30(2,3)23-16-21(17-24(28(23)37)31(4,5)6)34(13,20-27(36)39-15-14-35)22-18-25(32(7,8)9)29(38)26(19-22)33(10,11)12/h16-19,35,37-38H,14-15,20H2,1-13H3. The van der Waals surface area contributed by atoms with Gasteiger partial charge in [-0.2, -0.15) is 0 Å². The quantitative estimate of drug-likeness (QED) is 0.330. The number of benzene rings is 2. The van der Waals surface area contributed by atoms with Crippen LogP contribution in [0.2, 0.25) is 0 Å². The van der Waals surface area contributed by atoms with Crippen LogP contribution < -0.4 is 0 Å². The number of aromatic hydroxyl groups is 2. The molecule has 0 saturated carbocycles. The molecular weight excluding hydrogens is 488 g/mol. The third-order valence-electron chi connectivity index (χ3n) is 7.58. The normalized spacial score (nSPS) is 13.5. The van der Waals surface area contributed by atoms with Gasteiger partial charge in [0.15, 0.2) is 0 Å². The first-order chi connectivity index (χ1) is 17.4. The van der Waals surface area contributed by atoms with Crippen LogP contribution in [-0.4, -0.2) is 34.5 Å². The third-order valence-corrected chi connectivity index (χ3v) is 7.58. The Morgan fingerprint density at radius 3 is 1.13 bits per heavy atom. The number of hydrogen-bond donors (Lipinski definition) is 3. The minimum absolute atomic E-state index is 0.0306. The van der Waals surface area contributed by atoms with Crippen LogP contribution in [0.3, 0.4) is 0 Å². The maximum atomic E-state index is 13.2. The van der Waals surface area contributed by atoms with Gasteiger partial charge in [0.05, 0.1) is 13.0 Å². The SMILES string of the molecule is CC(C)(C)c1cc(C(C)(CC(=O)OCCO)c2cc(C(C)(C)C)c(O)c(C(C)(C)C)c2)cc(C(C)(C)C)c1O. The molecule has 0 aliphatic rings. The summed E-state index contributed by atoms with van der Waals surface area (Å²) >= 11 is 0. The molecule has 3 N–H and O–H groups in total. The number of phenolic OH excluding ortho intramolecular Hbond substituents is 2. The van der Waals surface area contributed by atoms with Crippen molar-refractivity contribution < 1.29 is 24.9 Å². The molecule has 2 aromatic rings. The van der Waals surface area contributed by atoms with E-state index in [1.54, 1.807) is 0 Å². The van der Waals surface area contributed by atoms with Crippen molar-refractivity contribution in [1.82, 2.24) is 0 Å². The molecule has 0 bridgehead atoms. The van der Waals surface area contributed by atoms with E-state index >= 15 is 0 Å². The summed E-state index contributed by atoms with van der Waals surface area (Å²) in [7, 11) is 0. The zero-order valence-corrected chi connectivity index (χ0v) is 26.6. The number of hydrogen-bond acceptors (Lipinski definition) is 5. The lowest BCUT2D eigenvalue weighted by Crippen LogP contribution is -2.31. The van der Waals surface area contributed by atoms with Gasteiger partial charge in [-0.15, -0.1) is 0 Å². The van der Waals surface area contributed by atoms with Crippen LogP contribution in [0.5, 0.6) is 11.5 Å². The van der Waals surface area contributed by atoms with Gasteiger partial charge in [-0.05, 0) is 55.0 Å².